The van der Waals surface area contributed by atoms with Crippen LogP contribution in [0.5, 0.6) is 0 Å². The predicted molar refractivity (Wildman–Crippen MR) is 97.6 cm³/mol. The Morgan fingerprint density at radius 1 is 1.30 bits per heavy atom. The number of piperidine rings is 1. The highest BCUT2D eigenvalue weighted by molar-refractivity contribution is 9.10. The number of nitrogens with zero attached hydrogens (tertiary/aromatic N) is 4. The van der Waals surface area contributed by atoms with E-state index in [1.54, 1.807) is 24.9 Å². The first kappa shape index (κ1) is 19.7. The maximum Gasteiger partial charge on any atom is 0.419 e. The lowest BCUT2D eigenvalue weighted by Crippen LogP contribution is -2.45. The minimum absolute atomic E-state index is 0.0715. The van der Waals surface area contributed by atoms with E-state index in [1.165, 1.54) is 10.9 Å². The zero-order chi connectivity index (χ0) is 19.8. The third kappa shape index (κ3) is 4.42. The molecule has 1 aliphatic heterocycles. The first-order valence-corrected chi connectivity index (χ1v) is 9.23. The van der Waals surface area contributed by atoms with Crippen LogP contribution in [0.15, 0.2) is 22.8 Å². The van der Waals surface area contributed by atoms with Gasteiger partial charge in [0.25, 0.3) is 5.91 Å². The van der Waals surface area contributed by atoms with Crippen LogP contribution in [0, 0.1) is 6.92 Å². The number of rotatable bonds is 3. The van der Waals surface area contributed by atoms with Gasteiger partial charge in [-0.3, -0.25) is 9.48 Å². The van der Waals surface area contributed by atoms with Gasteiger partial charge in [0.15, 0.2) is 0 Å². The van der Waals surface area contributed by atoms with Crippen molar-refractivity contribution in [3.05, 3.63) is 39.8 Å². The van der Waals surface area contributed by atoms with Gasteiger partial charge in [0, 0.05) is 36.8 Å². The summed E-state index contributed by atoms with van der Waals surface area (Å²) in [5.41, 5.74) is 0.451. The highest BCUT2D eigenvalue weighted by Crippen LogP contribution is 2.37. The maximum atomic E-state index is 13.3. The standard InChI is InChI=1S/C17H19BrF3N5O/c1-10-7-14(25(2)24-10)16(27)23-12-3-5-26(6-4-12)15-13(17(19,20)21)8-11(18)9-22-15/h7-9,12H,3-6H2,1-2H3,(H,23,27). The summed E-state index contributed by atoms with van der Waals surface area (Å²) in [6.45, 7) is 2.57. The van der Waals surface area contributed by atoms with Crippen molar-refractivity contribution in [3.8, 4) is 0 Å². The molecule has 1 amide bonds. The number of halogens is 4. The molecule has 1 fully saturated rings. The fourth-order valence-corrected chi connectivity index (χ4v) is 3.54. The van der Waals surface area contributed by atoms with E-state index in [4.69, 9.17) is 0 Å². The van der Waals surface area contributed by atoms with Crippen molar-refractivity contribution in [2.24, 2.45) is 7.05 Å². The molecule has 1 N–H and O–H groups in total. The number of nitrogens with one attached hydrogen (secondary N) is 1. The summed E-state index contributed by atoms with van der Waals surface area (Å²) in [7, 11) is 1.70. The second kappa shape index (κ2) is 7.49. The SMILES string of the molecule is Cc1cc(C(=O)NC2CCN(c3ncc(Br)cc3C(F)(F)F)CC2)n(C)n1. The highest BCUT2D eigenvalue weighted by Gasteiger charge is 2.37. The molecule has 3 rings (SSSR count). The van der Waals surface area contributed by atoms with E-state index in [1.807, 2.05) is 0 Å². The summed E-state index contributed by atoms with van der Waals surface area (Å²) in [4.78, 5) is 18.0. The van der Waals surface area contributed by atoms with E-state index in [0.717, 1.165) is 11.8 Å². The molecule has 2 aromatic heterocycles. The van der Waals surface area contributed by atoms with Crippen molar-refractivity contribution in [2.75, 3.05) is 18.0 Å². The monoisotopic (exact) mass is 445 g/mol. The Balaban J connectivity index is 1.66. The van der Waals surface area contributed by atoms with E-state index in [-0.39, 0.29) is 22.2 Å². The number of hydrogen-bond donors (Lipinski definition) is 1. The summed E-state index contributed by atoms with van der Waals surface area (Å²) >= 11 is 3.04. The molecule has 0 aromatic carbocycles. The summed E-state index contributed by atoms with van der Waals surface area (Å²) in [5.74, 6) is -0.299. The van der Waals surface area contributed by atoms with Crippen LogP contribution < -0.4 is 10.2 Å². The number of aromatic nitrogens is 3. The lowest BCUT2D eigenvalue weighted by atomic mass is 10.0. The summed E-state index contributed by atoms with van der Waals surface area (Å²) in [6, 6.07) is 2.64. The summed E-state index contributed by atoms with van der Waals surface area (Å²) in [5, 5.41) is 7.08. The Kier molecular flexibility index (Phi) is 5.45. The molecule has 27 heavy (non-hydrogen) atoms. The maximum absolute atomic E-state index is 13.3. The minimum Gasteiger partial charge on any atom is -0.356 e. The number of hydrogen-bond acceptors (Lipinski definition) is 4. The van der Waals surface area contributed by atoms with Gasteiger partial charge in [-0.2, -0.15) is 18.3 Å². The normalized spacial score (nSPS) is 15.9. The Hall–Kier alpha value is -2.10. The van der Waals surface area contributed by atoms with Crippen molar-refractivity contribution >= 4 is 27.7 Å². The lowest BCUT2D eigenvalue weighted by Gasteiger charge is -2.34. The number of carbonyl (C=O) groups excluding carboxylic acids is 1. The highest BCUT2D eigenvalue weighted by atomic mass is 79.9. The first-order valence-electron chi connectivity index (χ1n) is 8.44. The van der Waals surface area contributed by atoms with Crippen LogP contribution in [0.4, 0.5) is 19.0 Å². The van der Waals surface area contributed by atoms with Crippen LogP contribution >= 0.6 is 15.9 Å². The Labute approximate surface area is 162 Å². The van der Waals surface area contributed by atoms with Gasteiger partial charge < -0.3 is 10.2 Å². The number of anilines is 1. The van der Waals surface area contributed by atoms with E-state index in [2.05, 4.69) is 31.3 Å². The van der Waals surface area contributed by atoms with Gasteiger partial charge in [-0.15, -0.1) is 0 Å². The zero-order valence-corrected chi connectivity index (χ0v) is 16.4. The molecule has 0 radical (unpaired) electrons. The fourth-order valence-electron chi connectivity index (χ4n) is 3.21. The van der Waals surface area contributed by atoms with Crippen molar-refractivity contribution in [1.82, 2.24) is 20.1 Å². The molecule has 1 aliphatic rings. The third-order valence-corrected chi connectivity index (χ3v) is 4.94. The topological polar surface area (TPSA) is 63.1 Å². The molecule has 10 heteroatoms. The lowest BCUT2D eigenvalue weighted by molar-refractivity contribution is -0.137. The van der Waals surface area contributed by atoms with Gasteiger partial charge in [0.2, 0.25) is 0 Å². The van der Waals surface area contributed by atoms with Gasteiger partial charge in [0.05, 0.1) is 11.3 Å². The molecule has 0 bridgehead atoms. The predicted octanol–water partition coefficient (Wildman–Crippen LogP) is 3.30. The average molecular weight is 446 g/mol. The number of pyridine rings is 1. The molecule has 0 spiro atoms. The molecule has 6 nitrogen and oxygen atoms in total. The zero-order valence-electron chi connectivity index (χ0n) is 14.8. The fraction of sp³-hybridized carbons (Fsp3) is 0.471. The van der Waals surface area contributed by atoms with Gasteiger partial charge in [-0.05, 0) is 47.8 Å². The molecule has 1 saturated heterocycles. The van der Waals surface area contributed by atoms with Crippen molar-refractivity contribution in [3.63, 3.8) is 0 Å². The molecule has 0 unspecified atom stereocenters. The number of carbonyl (C=O) groups is 1. The van der Waals surface area contributed by atoms with E-state index >= 15 is 0 Å². The summed E-state index contributed by atoms with van der Waals surface area (Å²) < 4.78 is 41.7. The van der Waals surface area contributed by atoms with Gasteiger partial charge >= 0.3 is 6.18 Å². The van der Waals surface area contributed by atoms with Gasteiger partial charge in [-0.1, -0.05) is 0 Å². The Morgan fingerprint density at radius 3 is 2.52 bits per heavy atom. The Morgan fingerprint density at radius 2 is 1.96 bits per heavy atom. The molecule has 0 aliphatic carbocycles. The van der Waals surface area contributed by atoms with Crippen LogP contribution in [0.3, 0.4) is 0 Å². The molecule has 0 atom stereocenters. The number of alkyl halides is 3. The van der Waals surface area contributed by atoms with Crippen LogP contribution in [0.25, 0.3) is 0 Å². The van der Waals surface area contributed by atoms with Gasteiger partial charge in [-0.25, -0.2) is 4.98 Å². The average Bonchev–Trinajstić information content (AvgIpc) is 2.93. The summed E-state index contributed by atoms with van der Waals surface area (Å²) in [6.07, 6.45) is -2.03. The molecular formula is C17H19BrF3N5O. The van der Waals surface area contributed by atoms with Crippen molar-refractivity contribution in [1.29, 1.82) is 0 Å². The van der Waals surface area contributed by atoms with Crippen LogP contribution in [0.1, 0.15) is 34.6 Å². The smallest absolute Gasteiger partial charge is 0.356 e. The van der Waals surface area contributed by atoms with Crippen LogP contribution in [-0.4, -0.2) is 39.8 Å². The number of aryl methyl sites for hydroxylation is 2. The second-order valence-corrected chi connectivity index (χ2v) is 7.47. The number of amides is 1. The van der Waals surface area contributed by atoms with E-state index in [9.17, 15) is 18.0 Å². The van der Waals surface area contributed by atoms with E-state index < -0.39 is 11.7 Å². The molecule has 0 saturated carbocycles. The van der Waals surface area contributed by atoms with Crippen LogP contribution in [-0.2, 0) is 13.2 Å². The van der Waals surface area contributed by atoms with Crippen molar-refractivity contribution < 1.29 is 18.0 Å². The van der Waals surface area contributed by atoms with Crippen molar-refractivity contribution in [2.45, 2.75) is 32.0 Å². The van der Waals surface area contributed by atoms with Crippen LogP contribution in [0.2, 0.25) is 0 Å². The molecule has 3 heterocycles. The molecular weight excluding hydrogens is 427 g/mol. The molecule has 146 valence electrons. The minimum atomic E-state index is -4.48. The first-order chi connectivity index (χ1) is 12.6. The largest absolute Gasteiger partial charge is 0.419 e. The third-order valence-electron chi connectivity index (χ3n) is 4.50. The van der Waals surface area contributed by atoms with E-state index in [0.29, 0.717) is 31.6 Å². The molecule has 2 aromatic rings. The quantitative estimate of drug-likeness (QED) is 0.786. The van der Waals surface area contributed by atoms with Gasteiger partial charge in [0.1, 0.15) is 11.5 Å². The second-order valence-electron chi connectivity index (χ2n) is 6.55. The Bertz CT molecular complexity index is 844.